The summed E-state index contributed by atoms with van der Waals surface area (Å²) < 4.78 is 0. The highest BCUT2D eigenvalue weighted by molar-refractivity contribution is 5.37. The third kappa shape index (κ3) is 5.52. The van der Waals surface area contributed by atoms with Crippen LogP contribution in [0.4, 0.5) is 0 Å². The highest BCUT2D eigenvalue weighted by Gasteiger charge is 2.13. The molecule has 19 heavy (non-hydrogen) atoms. The minimum Gasteiger partial charge on any atom is -0.508 e. The zero-order chi connectivity index (χ0) is 14.3. The molecule has 0 aliphatic heterocycles. The van der Waals surface area contributed by atoms with Gasteiger partial charge in [-0.15, -0.1) is 0 Å². The molecule has 0 aliphatic carbocycles. The van der Waals surface area contributed by atoms with Crippen molar-refractivity contribution in [3.8, 4) is 11.5 Å². The molecule has 3 heteroatoms. The molecule has 1 aromatic rings. The SMILES string of the molecule is CCCCC(CCC)NC(C)c1cc(O)cc(O)c1. The molecule has 1 rings (SSSR count). The Labute approximate surface area is 116 Å². The van der Waals surface area contributed by atoms with E-state index in [0.717, 1.165) is 12.0 Å². The van der Waals surface area contributed by atoms with Gasteiger partial charge >= 0.3 is 0 Å². The Balaban J connectivity index is 2.66. The van der Waals surface area contributed by atoms with Gasteiger partial charge in [0.05, 0.1) is 0 Å². The number of unbranched alkanes of at least 4 members (excludes halogenated alkanes) is 1. The number of rotatable bonds is 8. The first-order chi connectivity index (χ1) is 9.06. The molecule has 0 aromatic heterocycles. The van der Waals surface area contributed by atoms with Crippen molar-refractivity contribution in [2.75, 3.05) is 0 Å². The molecule has 0 radical (unpaired) electrons. The lowest BCUT2D eigenvalue weighted by Crippen LogP contribution is -2.31. The second-order valence-electron chi connectivity index (χ2n) is 5.30. The van der Waals surface area contributed by atoms with Crippen LogP contribution in [-0.2, 0) is 0 Å². The highest BCUT2D eigenvalue weighted by atomic mass is 16.3. The van der Waals surface area contributed by atoms with Gasteiger partial charge < -0.3 is 15.5 Å². The van der Waals surface area contributed by atoms with Gasteiger partial charge in [-0.3, -0.25) is 0 Å². The lowest BCUT2D eigenvalue weighted by atomic mass is 10.0. The molecule has 0 heterocycles. The van der Waals surface area contributed by atoms with Crippen molar-refractivity contribution in [1.82, 2.24) is 5.32 Å². The van der Waals surface area contributed by atoms with E-state index in [1.54, 1.807) is 12.1 Å². The molecular formula is C16H27NO2. The summed E-state index contributed by atoms with van der Waals surface area (Å²) in [5, 5.41) is 22.7. The number of hydrogen-bond acceptors (Lipinski definition) is 3. The normalized spacial score (nSPS) is 14.3. The molecule has 0 aliphatic rings. The molecule has 0 bridgehead atoms. The molecule has 1 aromatic carbocycles. The van der Waals surface area contributed by atoms with E-state index in [1.807, 2.05) is 0 Å². The van der Waals surface area contributed by atoms with Crippen LogP contribution in [-0.4, -0.2) is 16.3 Å². The largest absolute Gasteiger partial charge is 0.508 e. The van der Waals surface area contributed by atoms with Crippen LogP contribution in [0.1, 0.15) is 64.5 Å². The Morgan fingerprint density at radius 2 is 1.63 bits per heavy atom. The van der Waals surface area contributed by atoms with Crippen LogP contribution in [0.15, 0.2) is 18.2 Å². The van der Waals surface area contributed by atoms with E-state index in [2.05, 4.69) is 26.1 Å². The van der Waals surface area contributed by atoms with Crippen LogP contribution in [0.2, 0.25) is 0 Å². The van der Waals surface area contributed by atoms with Crippen LogP contribution in [0.25, 0.3) is 0 Å². The average Bonchev–Trinajstić information content (AvgIpc) is 2.35. The first-order valence-electron chi connectivity index (χ1n) is 7.35. The van der Waals surface area contributed by atoms with E-state index >= 15 is 0 Å². The zero-order valence-corrected chi connectivity index (χ0v) is 12.3. The van der Waals surface area contributed by atoms with Gasteiger partial charge in [-0.2, -0.15) is 0 Å². The summed E-state index contributed by atoms with van der Waals surface area (Å²) in [4.78, 5) is 0. The van der Waals surface area contributed by atoms with Crippen molar-refractivity contribution in [3.63, 3.8) is 0 Å². The van der Waals surface area contributed by atoms with Gasteiger partial charge in [0.15, 0.2) is 0 Å². The fourth-order valence-corrected chi connectivity index (χ4v) is 2.43. The molecule has 3 nitrogen and oxygen atoms in total. The van der Waals surface area contributed by atoms with Crippen LogP contribution >= 0.6 is 0 Å². The van der Waals surface area contributed by atoms with Gasteiger partial charge in [0.2, 0.25) is 0 Å². The minimum atomic E-state index is 0.115. The summed E-state index contributed by atoms with van der Waals surface area (Å²) in [5.41, 5.74) is 0.926. The van der Waals surface area contributed by atoms with Gasteiger partial charge in [0, 0.05) is 18.2 Å². The Morgan fingerprint density at radius 3 is 2.16 bits per heavy atom. The number of phenols is 2. The van der Waals surface area contributed by atoms with Crippen molar-refractivity contribution in [1.29, 1.82) is 0 Å². The summed E-state index contributed by atoms with van der Waals surface area (Å²) in [6, 6.07) is 5.41. The minimum absolute atomic E-state index is 0.115. The molecule has 3 N–H and O–H groups in total. The van der Waals surface area contributed by atoms with E-state index in [1.165, 1.54) is 31.7 Å². The topological polar surface area (TPSA) is 52.5 Å². The molecule has 0 amide bonds. The fourth-order valence-electron chi connectivity index (χ4n) is 2.43. The number of phenolic OH excluding ortho intramolecular Hbond substituents is 2. The second-order valence-corrected chi connectivity index (χ2v) is 5.30. The maximum absolute atomic E-state index is 9.53. The molecule has 2 unspecified atom stereocenters. The summed E-state index contributed by atoms with van der Waals surface area (Å²) in [7, 11) is 0. The van der Waals surface area contributed by atoms with Gasteiger partial charge in [0.1, 0.15) is 11.5 Å². The fraction of sp³-hybridized carbons (Fsp3) is 0.625. The average molecular weight is 265 g/mol. The molecular weight excluding hydrogens is 238 g/mol. The van der Waals surface area contributed by atoms with E-state index in [9.17, 15) is 10.2 Å². The third-order valence-corrected chi connectivity index (χ3v) is 3.45. The van der Waals surface area contributed by atoms with E-state index < -0.39 is 0 Å². The van der Waals surface area contributed by atoms with Crippen LogP contribution in [0.3, 0.4) is 0 Å². The number of nitrogens with one attached hydrogen (secondary N) is 1. The third-order valence-electron chi connectivity index (χ3n) is 3.45. The number of aromatic hydroxyl groups is 2. The quantitative estimate of drug-likeness (QED) is 0.663. The first-order valence-corrected chi connectivity index (χ1v) is 7.35. The van der Waals surface area contributed by atoms with Crippen molar-refractivity contribution in [3.05, 3.63) is 23.8 Å². The molecule has 0 saturated carbocycles. The maximum Gasteiger partial charge on any atom is 0.119 e. The smallest absolute Gasteiger partial charge is 0.119 e. The van der Waals surface area contributed by atoms with Crippen LogP contribution in [0, 0.1) is 0 Å². The Hall–Kier alpha value is -1.22. The van der Waals surface area contributed by atoms with Gasteiger partial charge in [-0.25, -0.2) is 0 Å². The summed E-state index contributed by atoms with van der Waals surface area (Å²) in [5.74, 6) is 0.230. The zero-order valence-electron chi connectivity index (χ0n) is 12.3. The Kier molecular flexibility index (Phi) is 6.71. The molecule has 0 fully saturated rings. The lowest BCUT2D eigenvalue weighted by Gasteiger charge is -2.23. The Morgan fingerprint density at radius 1 is 1.00 bits per heavy atom. The number of benzene rings is 1. The maximum atomic E-state index is 9.53. The first kappa shape index (κ1) is 15.8. The van der Waals surface area contributed by atoms with E-state index in [0.29, 0.717) is 6.04 Å². The lowest BCUT2D eigenvalue weighted by molar-refractivity contribution is 0.392. The highest BCUT2D eigenvalue weighted by Crippen LogP contribution is 2.25. The van der Waals surface area contributed by atoms with Crippen molar-refractivity contribution < 1.29 is 10.2 Å². The van der Waals surface area contributed by atoms with E-state index in [4.69, 9.17) is 0 Å². The van der Waals surface area contributed by atoms with E-state index in [-0.39, 0.29) is 17.5 Å². The van der Waals surface area contributed by atoms with Crippen LogP contribution < -0.4 is 5.32 Å². The molecule has 108 valence electrons. The van der Waals surface area contributed by atoms with Crippen molar-refractivity contribution >= 4 is 0 Å². The predicted octanol–water partition coefficient (Wildman–Crippen LogP) is 4.11. The monoisotopic (exact) mass is 265 g/mol. The summed E-state index contributed by atoms with van der Waals surface area (Å²) >= 11 is 0. The second kappa shape index (κ2) is 8.05. The van der Waals surface area contributed by atoms with Gasteiger partial charge in [0.25, 0.3) is 0 Å². The van der Waals surface area contributed by atoms with Crippen LogP contribution in [0.5, 0.6) is 11.5 Å². The molecule has 2 atom stereocenters. The van der Waals surface area contributed by atoms with Crippen molar-refractivity contribution in [2.45, 2.75) is 65.0 Å². The molecule has 0 saturated heterocycles. The summed E-state index contributed by atoms with van der Waals surface area (Å²) in [6.45, 7) is 6.48. The predicted molar refractivity (Wildman–Crippen MR) is 79.5 cm³/mol. The van der Waals surface area contributed by atoms with Gasteiger partial charge in [-0.05, 0) is 37.5 Å². The summed E-state index contributed by atoms with van der Waals surface area (Å²) in [6.07, 6.45) is 5.95. The standard InChI is InChI=1S/C16H27NO2/c1-4-6-8-14(7-5-2)17-12(3)13-9-15(18)11-16(19)10-13/h9-12,14,17-19H,4-8H2,1-3H3. The van der Waals surface area contributed by atoms with Crippen molar-refractivity contribution in [2.24, 2.45) is 0 Å². The van der Waals surface area contributed by atoms with Gasteiger partial charge in [-0.1, -0.05) is 33.1 Å². The molecule has 0 spiro atoms. The number of hydrogen-bond donors (Lipinski definition) is 3. The Bertz CT molecular complexity index is 359.